The highest BCUT2D eigenvalue weighted by atomic mass is 19.3. The third kappa shape index (κ3) is 3.40. The lowest BCUT2D eigenvalue weighted by Gasteiger charge is -2.38. The Labute approximate surface area is 132 Å². The molecule has 126 valence electrons. The summed E-state index contributed by atoms with van der Waals surface area (Å²) in [6, 6.07) is -1.47. The molecular weight excluding hydrogens is 308 g/mol. The average molecular weight is 327 g/mol. The second kappa shape index (κ2) is 6.47. The van der Waals surface area contributed by atoms with Crippen molar-refractivity contribution in [1.29, 1.82) is 0 Å². The highest BCUT2D eigenvalue weighted by Gasteiger charge is 2.46. The SMILES string of the molecule is C=CC(=O)N1CCC(F)(F)[C@H](NC(=O)c2c(CC)noc2C)C1. The number of carbonyl (C=O) groups is 2. The zero-order valence-electron chi connectivity index (χ0n) is 13.1. The number of likely N-dealkylation sites (tertiary alicyclic amines) is 1. The molecule has 0 bridgehead atoms. The van der Waals surface area contributed by atoms with Crippen LogP contribution in [-0.2, 0) is 11.2 Å². The lowest BCUT2D eigenvalue weighted by molar-refractivity contribution is -0.135. The summed E-state index contributed by atoms with van der Waals surface area (Å²) in [5.74, 6) is -3.92. The van der Waals surface area contributed by atoms with Crippen LogP contribution < -0.4 is 5.32 Å². The summed E-state index contributed by atoms with van der Waals surface area (Å²) in [7, 11) is 0. The summed E-state index contributed by atoms with van der Waals surface area (Å²) in [4.78, 5) is 25.2. The number of hydrogen-bond donors (Lipinski definition) is 1. The molecule has 0 saturated carbocycles. The molecule has 0 aliphatic carbocycles. The van der Waals surface area contributed by atoms with E-state index in [1.807, 2.05) is 0 Å². The summed E-state index contributed by atoms with van der Waals surface area (Å²) in [6.07, 6.45) is 1.00. The highest BCUT2D eigenvalue weighted by molar-refractivity contribution is 5.96. The van der Waals surface area contributed by atoms with Gasteiger partial charge in [0.15, 0.2) is 0 Å². The Hall–Kier alpha value is -2.25. The van der Waals surface area contributed by atoms with E-state index in [2.05, 4.69) is 17.1 Å². The van der Waals surface area contributed by atoms with Crippen molar-refractivity contribution < 1.29 is 22.9 Å². The molecule has 0 spiro atoms. The van der Waals surface area contributed by atoms with Gasteiger partial charge in [0, 0.05) is 19.5 Å². The molecule has 2 heterocycles. The molecule has 2 amide bonds. The van der Waals surface area contributed by atoms with Crippen LogP contribution in [0.4, 0.5) is 8.78 Å². The van der Waals surface area contributed by atoms with Crippen LogP contribution in [0.3, 0.4) is 0 Å². The molecule has 2 rings (SSSR count). The lowest BCUT2D eigenvalue weighted by atomic mass is 10.00. The van der Waals surface area contributed by atoms with Crippen molar-refractivity contribution in [1.82, 2.24) is 15.4 Å². The smallest absolute Gasteiger partial charge is 0.271 e. The van der Waals surface area contributed by atoms with Gasteiger partial charge in [-0.15, -0.1) is 0 Å². The molecule has 6 nitrogen and oxygen atoms in total. The van der Waals surface area contributed by atoms with E-state index >= 15 is 0 Å². The number of nitrogens with zero attached hydrogens (tertiary/aromatic N) is 2. The largest absolute Gasteiger partial charge is 0.361 e. The zero-order valence-corrected chi connectivity index (χ0v) is 13.1. The number of alkyl halides is 2. The van der Waals surface area contributed by atoms with Crippen LogP contribution in [0.1, 0.15) is 35.2 Å². The molecule has 1 aromatic heterocycles. The van der Waals surface area contributed by atoms with Crippen molar-refractivity contribution in [2.24, 2.45) is 0 Å². The Morgan fingerprint density at radius 1 is 1.57 bits per heavy atom. The quantitative estimate of drug-likeness (QED) is 0.854. The summed E-state index contributed by atoms with van der Waals surface area (Å²) in [5.41, 5.74) is 0.591. The number of halogens is 2. The van der Waals surface area contributed by atoms with Crippen LogP contribution in [0.25, 0.3) is 0 Å². The van der Waals surface area contributed by atoms with E-state index in [1.165, 1.54) is 4.90 Å². The van der Waals surface area contributed by atoms with E-state index in [1.54, 1.807) is 13.8 Å². The maximum Gasteiger partial charge on any atom is 0.271 e. The number of hydrogen-bond acceptors (Lipinski definition) is 4. The van der Waals surface area contributed by atoms with Gasteiger partial charge in [0.25, 0.3) is 11.8 Å². The Morgan fingerprint density at radius 3 is 2.87 bits per heavy atom. The molecule has 0 unspecified atom stereocenters. The minimum atomic E-state index is -3.09. The number of nitrogens with one attached hydrogen (secondary N) is 1. The Morgan fingerprint density at radius 2 is 2.26 bits per heavy atom. The van der Waals surface area contributed by atoms with Crippen LogP contribution in [0.5, 0.6) is 0 Å². The van der Waals surface area contributed by atoms with Crippen molar-refractivity contribution in [3.8, 4) is 0 Å². The number of carbonyl (C=O) groups excluding carboxylic acids is 2. The van der Waals surface area contributed by atoms with Gasteiger partial charge in [-0.25, -0.2) is 8.78 Å². The number of aromatic nitrogens is 1. The van der Waals surface area contributed by atoms with Crippen molar-refractivity contribution in [2.45, 2.75) is 38.7 Å². The third-order valence-corrected chi connectivity index (χ3v) is 3.91. The van der Waals surface area contributed by atoms with Crippen molar-refractivity contribution in [3.63, 3.8) is 0 Å². The fourth-order valence-corrected chi connectivity index (χ4v) is 2.56. The van der Waals surface area contributed by atoms with Gasteiger partial charge in [0.1, 0.15) is 17.4 Å². The van der Waals surface area contributed by atoms with Crippen molar-refractivity contribution in [3.05, 3.63) is 29.7 Å². The number of aryl methyl sites for hydroxylation is 2. The summed E-state index contributed by atoms with van der Waals surface area (Å²) in [6.45, 7) is 6.34. The predicted octanol–water partition coefficient (Wildman–Crippen LogP) is 1.70. The van der Waals surface area contributed by atoms with E-state index < -0.39 is 30.2 Å². The van der Waals surface area contributed by atoms with Gasteiger partial charge in [-0.05, 0) is 19.4 Å². The molecule has 1 aliphatic heterocycles. The van der Waals surface area contributed by atoms with Gasteiger partial charge in [-0.2, -0.15) is 0 Å². The molecule has 0 aromatic carbocycles. The summed E-state index contributed by atoms with van der Waals surface area (Å²) in [5, 5.41) is 6.06. The second-order valence-electron chi connectivity index (χ2n) is 5.44. The summed E-state index contributed by atoms with van der Waals surface area (Å²) >= 11 is 0. The first kappa shape index (κ1) is 17.1. The molecule has 1 atom stereocenters. The maximum atomic E-state index is 14.1. The Balaban J connectivity index is 2.18. The van der Waals surface area contributed by atoms with E-state index in [-0.39, 0.29) is 24.4 Å². The van der Waals surface area contributed by atoms with Crippen LogP contribution in [0.15, 0.2) is 17.2 Å². The first-order valence-corrected chi connectivity index (χ1v) is 7.35. The predicted molar refractivity (Wildman–Crippen MR) is 78.2 cm³/mol. The fourth-order valence-electron chi connectivity index (χ4n) is 2.56. The van der Waals surface area contributed by atoms with E-state index in [9.17, 15) is 18.4 Å². The molecule has 1 aromatic rings. The number of rotatable bonds is 4. The number of amides is 2. The van der Waals surface area contributed by atoms with Crippen LogP contribution in [0, 0.1) is 6.92 Å². The first-order chi connectivity index (χ1) is 10.8. The third-order valence-electron chi connectivity index (χ3n) is 3.91. The standard InChI is InChI=1S/C15H19F2N3O3/c1-4-10-13(9(3)23-19-10)14(22)18-11-8-20(12(21)5-2)7-6-15(11,16)17/h5,11H,2,4,6-8H2,1,3H3,(H,18,22)/t11-/m1/s1. The normalized spacial score (nSPS) is 20.2. The van der Waals surface area contributed by atoms with Crippen molar-refractivity contribution in [2.75, 3.05) is 13.1 Å². The molecule has 8 heteroatoms. The van der Waals surface area contributed by atoms with E-state index in [4.69, 9.17) is 4.52 Å². The van der Waals surface area contributed by atoms with Gasteiger partial charge in [0.2, 0.25) is 5.91 Å². The zero-order chi connectivity index (χ0) is 17.2. The van der Waals surface area contributed by atoms with Gasteiger partial charge in [-0.1, -0.05) is 18.7 Å². The fraction of sp³-hybridized carbons (Fsp3) is 0.533. The Bertz CT molecular complexity index is 627. The molecule has 1 aliphatic rings. The van der Waals surface area contributed by atoms with Crippen LogP contribution in [0.2, 0.25) is 0 Å². The van der Waals surface area contributed by atoms with Gasteiger partial charge in [0.05, 0.1) is 5.69 Å². The van der Waals surface area contributed by atoms with Crippen LogP contribution >= 0.6 is 0 Å². The van der Waals surface area contributed by atoms with Crippen LogP contribution in [-0.4, -0.2) is 46.9 Å². The van der Waals surface area contributed by atoms with E-state index in [0.29, 0.717) is 12.1 Å². The minimum absolute atomic E-state index is 0.0727. The average Bonchev–Trinajstić information content (AvgIpc) is 2.89. The summed E-state index contributed by atoms with van der Waals surface area (Å²) < 4.78 is 33.1. The topological polar surface area (TPSA) is 75.4 Å². The highest BCUT2D eigenvalue weighted by Crippen LogP contribution is 2.29. The monoisotopic (exact) mass is 327 g/mol. The van der Waals surface area contributed by atoms with E-state index in [0.717, 1.165) is 6.08 Å². The Kier molecular flexibility index (Phi) is 4.82. The van der Waals surface area contributed by atoms with Gasteiger partial charge < -0.3 is 14.7 Å². The maximum absolute atomic E-state index is 14.1. The molecular formula is C15H19F2N3O3. The molecule has 1 fully saturated rings. The van der Waals surface area contributed by atoms with Crippen molar-refractivity contribution >= 4 is 11.8 Å². The molecule has 1 saturated heterocycles. The minimum Gasteiger partial charge on any atom is -0.361 e. The van der Waals surface area contributed by atoms with Gasteiger partial charge >= 0.3 is 0 Å². The molecule has 0 radical (unpaired) electrons. The van der Waals surface area contributed by atoms with Gasteiger partial charge in [-0.3, -0.25) is 9.59 Å². The number of piperidine rings is 1. The molecule has 1 N–H and O–H groups in total. The second-order valence-corrected chi connectivity index (χ2v) is 5.44. The lowest BCUT2D eigenvalue weighted by Crippen LogP contribution is -2.59. The molecule has 23 heavy (non-hydrogen) atoms. The first-order valence-electron chi connectivity index (χ1n) is 7.35.